The van der Waals surface area contributed by atoms with Gasteiger partial charge in [-0.3, -0.25) is 4.79 Å². The number of fused-ring (bicyclic) bond motifs is 1. The molecular formula is C27H26F3N3O2. The van der Waals surface area contributed by atoms with Gasteiger partial charge in [0, 0.05) is 12.6 Å². The number of β-amino-alcohol motifs (C(OH)–C–C–N with tert-alkyl or cyclic N) is 1. The minimum atomic E-state index is -1.27. The van der Waals surface area contributed by atoms with Crippen LogP contribution < -0.4 is 10.6 Å². The monoisotopic (exact) mass is 481 g/mol. The van der Waals surface area contributed by atoms with Crippen molar-refractivity contribution in [3.63, 3.8) is 0 Å². The number of hydrogen-bond acceptors (Lipinski definition) is 4. The lowest BCUT2D eigenvalue weighted by Crippen LogP contribution is -2.67. The molecule has 5 rings (SSSR count). The van der Waals surface area contributed by atoms with Crippen LogP contribution >= 0.6 is 0 Å². The number of likely N-dealkylation sites (tertiary alicyclic amines) is 1. The van der Waals surface area contributed by atoms with Crippen molar-refractivity contribution in [2.45, 2.75) is 31.4 Å². The normalized spacial score (nSPS) is 16.7. The summed E-state index contributed by atoms with van der Waals surface area (Å²) in [6.07, 6.45) is 1.77. The second kappa shape index (κ2) is 9.02. The molecule has 0 atom stereocenters. The molecule has 0 radical (unpaired) electrons. The fourth-order valence-electron chi connectivity index (χ4n) is 4.83. The average molecular weight is 482 g/mol. The molecule has 3 aromatic carbocycles. The van der Waals surface area contributed by atoms with E-state index in [4.69, 9.17) is 0 Å². The molecule has 0 saturated carbocycles. The number of benzene rings is 3. The lowest BCUT2D eigenvalue weighted by Gasteiger charge is -2.47. The molecule has 1 aliphatic carbocycles. The molecule has 0 bridgehead atoms. The molecule has 35 heavy (non-hydrogen) atoms. The predicted molar refractivity (Wildman–Crippen MR) is 127 cm³/mol. The van der Waals surface area contributed by atoms with E-state index in [9.17, 15) is 23.1 Å². The Balaban J connectivity index is 1.25. The van der Waals surface area contributed by atoms with E-state index in [-0.39, 0.29) is 30.4 Å². The third-order valence-corrected chi connectivity index (χ3v) is 6.74. The lowest BCUT2D eigenvalue weighted by atomic mass is 9.92. The Kier molecular flexibility index (Phi) is 6.02. The van der Waals surface area contributed by atoms with Gasteiger partial charge in [0.1, 0.15) is 11.4 Å². The fourth-order valence-corrected chi connectivity index (χ4v) is 4.83. The number of nitrogens with zero attached hydrogens (tertiary/aromatic N) is 1. The molecule has 3 N–H and O–H groups in total. The van der Waals surface area contributed by atoms with Crippen molar-refractivity contribution in [3.05, 3.63) is 94.3 Å². The van der Waals surface area contributed by atoms with Gasteiger partial charge >= 0.3 is 0 Å². The zero-order valence-corrected chi connectivity index (χ0v) is 19.2. The summed E-state index contributed by atoms with van der Waals surface area (Å²) < 4.78 is 43.0. The van der Waals surface area contributed by atoms with Crippen molar-refractivity contribution in [2.75, 3.05) is 25.0 Å². The highest BCUT2D eigenvalue weighted by Gasteiger charge is 2.44. The Labute approximate surface area is 201 Å². The molecule has 5 nitrogen and oxygen atoms in total. The lowest BCUT2D eigenvalue weighted by molar-refractivity contribution is -0.0796. The van der Waals surface area contributed by atoms with Gasteiger partial charge in [-0.15, -0.1) is 0 Å². The highest BCUT2D eigenvalue weighted by Crippen LogP contribution is 2.32. The van der Waals surface area contributed by atoms with Gasteiger partial charge < -0.3 is 20.6 Å². The summed E-state index contributed by atoms with van der Waals surface area (Å²) in [7, 11) is 0. The van der Waals surface area contributed by atoms with Gasteiger partial charge in [-0.05, 0) is 60.7 Å². The second-order valence-electron chi connectivity index (χ2n) is 9.53. The van der Waals surface area contributed by atoms with Gasteiger partial charge in [0.2, 0.25) is 0 Å². The molecule has 8 heteroatoms. The van der Waals surface area contributed by atoms with Gasteiger partial charge in [0.25, 0.3) is 5.91 Å². The summed E-state index contributed by atoms with van der Waals surface area (Å²) in [6.45, 7) is 2.12. The maximum atomic E-state index is 14.7. The molecule has 1 heterocycles. The molecule has 182 valence electrons. The van der Waals surface area contributed by atoms with Crippen LogP contribution in [0.4, 0.5) is 24.5 Å². The topological polar surface area (TPSA) is 64.6 Å². The molecule has 2 aliphatic rings. The van der Waals surface area contributed by atoms with Crippen molar-refractivity contribution >= 4 is 17.3 Å². The predicted octanol–water partition coefficient (Wildman–Crippen LogP) is 4.10. The third kappa shape index (κ3) is 4.63. The Bertz CT molecular complexity index is 1270. The zero-order chi connectivity index (χ0) is 24.7. The Morgan fingerprint density at radius 2 is 1.71 bits per heavy atom. The number of amides is 1. The number of aryl methyl sites for hydroxylation is 1. The van der Waals surface area contributed by atoms with Crippen LogP contribution in [-0.2, 0) is 12.8 Å². The van der Waals surface area contributed by atoms with Gasteiger partial charge in [0.15, 0.2) is 11.6 Å². The molecular weight excluding hydrogens is 455 g/mol. The van der Waals surface area contributed by atoms with E-state index in [1.165, 1.54) is 34.2 Å². The van der Waals surface area contributed by atoms with Gasteiger partial charge in [0.05, 0.1) is 30.0 Å². The number of carbonyl (C=O) groups excluding carboxylic acids is 1. The minimum Gasteiger partial charge on any atom is -0.385 e. The summed E-state index contributed by atoms with van der Waals surface area (Å²) in [5.74, 6) is -3.64. The quantitative estimate of drug-likeness (QED) is 0.496. The number of rotatable bonds is 6. The van der Waals surface area contributed by atoms with E-state index in [1.54, 1.807) is 13.0 Å². The summed E-state index contributed by atoms with van der Waals surface area (Å²) >= 11 is 0. The van der Waals surface area contributed by atoms with E-state index < -0.39 is 34.6 Å². The first-order valence-electron chi connectivity index (χ1n) is 11.6. The van der Waals surface area contributed by atoms with Crippen LogP contribution in [0.25, 0.3) is 0 Å². The molecule has 0 unspecified atom stereocenters. The number of carbonyl (C=O) groups is 1. The summed E-state index contributed by atoms with van der Waals surface area (Å²) in [6, 6.07) is 14.8. The van der Waals surface area contributed by atoms with Gasteiger partial charge in [-0.1, -0.05) is 30.3 Å². The molecule has 3 aromatic rings. The number of aliphatic hydroxyl groups is 1. The van der Waals surface area contributed by atoms with Crippen LogP contribution in [-0.4, -0.2) is 47.2 Å². The number of nitrogens with one attached hydrogen (secondary N) is 2. The van der Waals surface area contributed by atoms with E-state index >= 15 is 0 Å². The second-order valence-corrected chi connectivity index (χ2v) is 9.53. The molecule has 1 fully saturated rings. The first kappa shape index (κ1) is 23.4. The Morgan fingerprint density at radius 3 is 2.37 bits per heavy atom. The summed E-state index contributed by atoms with van der Waals surface area (Å²) in [5.41, 5.74) is 1.51. The van der Waals surface area contributed by atoms with Gasteiger partial charge in [-0.25, -0.2) is 13.2 Å². The van der Waals surface area contributed by atoms with E-state index in [2.05, 4.69) is 22.8 Å². The molecule has 0 aromatic heterocycles. The molecule has 1 amide bonds. The third-order valence-electron chi connectivity index (χ3n) is 6.74. The molecule has 0 spiro atoms. The number of halogens is 3. The summed E-state index contributed by atoms with van der Waals surface area (Å²) in [5, 5.41) is 16.8. The fraction of sp³-hybridized carbons (Fsp3) is 0.296. The summed E-state index contributed by atoms with van der Waals surface area (Å²) in [4.78, 5) is 14.5. The van der Waals surface area contributed by atoms with E-state index in [1.807, 2.05) is 12.1 Å². The van der Waals surface area contributed by atoms with Crippen molar-refractivity contribution in [3.8, 4) is 0 Å². The average Bonchev–Trinajstić information content (AvgIpc) is 3.23. The van der Waals surface area contributed by atoms with Crippen molar-refractivity contribution < 1.29 is 23.1 Å². The minimum absolute atomic E-state index is 0.0514. The SMILES string of the molecule is Cc1ccc(Nc2c(C(=O)N3CC(O)(CNC4Cc5ccccc5C4)C3)ccc(F)c2F)c(F)c1. The van der Waals surface area contributed by atoms with E-state index in [0.717, 1.165) is 18.9 Å². The van der Waals surface area contributed by atoms with Crippen LogP contribution in [0.3, 0.4) is 0 Å². The van der Waals surface area contributed by atoms with Crippen molar-refractivity contribution in [2.24, 2.45) is 0 Å². The van der Waals surface area contributed by atoms with Crippen molar-refractivity contribution in [1.82, 2.24) is 10.2 Å². The largest absolute Gasteiger partial charge is 0.385 e. The first-order valence-corrected chi connectivity index (χ1v) is 11.6. The number of anilines is 2. The van der Waals surface area contributed by atoms with Gasteiger partial charge in [-0.2, -0.15) is 0 Å². The van der Waals surface area contributed by atoms with Crippen molar-refractivity contribution in [1.29, 1.82) is 0 Å². The molecule has 1 aliphatic heterocycles. The van der Waals surface area contributed by atoms with Crippen LogP contribution in [0.2, 0.25) is 0 Å². The Morgan fingerprint density at radius 1 is 1.03 bits per heavy atom. The first-order chi connectivity index (χ1) is 16.7. The maximum absolute atomic E-state index is 14.7. The van der Waals surface area contributed by atoms with Crippen LogP contribution in [0.1, 0.15) is 27.0 Å². The maximum Gasteiger partial charge on any atom is 0.256 e. The van der Waals surface area contributed by atoms with Crippen LogP contribution in [0.15, 0.2) is 54.6 Å². The zero-order valence-electron chi connectivity index (χ0n) is 19.2. The van der Waals surface area contributed by atoms with Crippen LogP contribution in [0, 0.1) is 24.4 Å². The highest BCUT2D eigenvalue weighted by atomic mass is 19.2. The Hall–Kier alpha value is -3.36. The number of hydrogen-bond donors (Lipinski definition) is 3. The van der Waals surface area contributed by atoms with E-state index in [0.29, 0.717) is 12.1 Å². The molecule has 1 saturated heterocycles. The van der Waals surface area contributed by atoms with Crippen LogP contribution in [0.5, 0.6) is 0 Å². The standard InChI is InChI=1S/C27H26F3N3O2/c1-16-6-9-23(22(29)10-16)32-25-20(7-8-21(28)24(25)30)26(34)33-14-27(35,15-33)13-31-19-11-17-4-2-3-5-18(17)12-19/h2-10,19,31-32,35H,11-15H2,1H3. The highest BCUT2D eigenvalue weighted by molar-refractivity contribution is 6.01. The smallest absolute Gasteiger partial charge is 0.256 e.